The fourth-order valence-corrected chi connectivity index (χ4v) is 3.32. The highest BCUT2D eigenvalue weighted by Crippen LogP contribution is 2.28. The molecule has 1 amide bonds. The van der Waals surface area contributed by atoms with Gasteiger partial charge >= 0.3 is 0 Å². The predicted molar refractivity (Wildman–Crippen MR) is 82.0 cm³/mol. The van der Waals surface area contributed by atoms with Gasteiger partial charge in [0.1, 0.15) is 5.75 Å². The summed E-state index contributed by atoms with van der Waals surface area (Å²) in [5, 5.41) is 5.13. The summed E-state index contributed by atoms with van der Waals surface area (Å²) in [6.07, 6.45) is 0.833. The number of methoxy groups -OCH3 is 1. The van der Waals surface area contributed by atoms with Gasteiger partial charge in [0.15, 0.2) is 0 Å². The lowest BCUT2D eigenvalue weighted by Gasteiger charge is -2.23. The molecule has 0 saturated carbocycles. The highest BCUT2D eigenvalue weighted by atomic mass is 32.2. The highest BCUT2D eigenvalue weighted by molar-refractivity contribution is 7.89. The number of rotatable bonds is 4. The number of nitrogens with zero attached hydrogens (tertiary/aromatic N) is 1. The van der Waals surface area contributed by atoms with Gasteiger partial charge in [0.2, 0.25) is 10.0 Å². The van der Waals surface area contributed by atoms with Crippen molar-refractivity contribution < 1.29 is 17.9 Å². The number of nitrogens with two attached hydrogens (primary N) is 2. The number of carbonyl (C=O) groups excluding carboxylic acids is 1. The number of amides is 1. The molecule has 1 aliphatic heterocycles. The fraction of sp³-hybridized carbons (Fsp3) is 0.500. The topological polar surface area (TPSA) is 116 Å². The molecule has 0 spiro atoms. The summed E-state index contributed by atoms with van der Waals surface area (Å²) in [4.78, 5) is 14.3. The molecule has 2 rings (SSSR count). The third-order valence-electron chi connectivity index (χ3n) is 3.99. The van der Waals surface area contributed by atoms with E-state index in [-0.39, 0.29) is 28.3 Å². The number of likely N-dealkylation sites (tertiary alicyclic amines) is 1. The van der Waals surface area contributed by atoms with E-state index in [1.165, 1.54) is 25.3 Å². The molecule has 2 unspecified atom stereocenters. The molecule has 0 aromatic heterocycles. The van der Waals surface area contributed by atoms with Crippen LogP contribution in [0.1, 0.15) is 23.7 Å². The summed E-state index contributed by atoms with van der Waals surface area (Å²) in [7, 11) is -2.45. The SMILES string of the molecule is COc1ccc(S(N)(=O)=O)cc1C(=O)N1CC(CN)CC1C. The van der Waals surface area contributed by atoms with Crippen molar-refractivity contribution in [2.45, 2.75) is 24.3 Å². The smallest absolute Gasteiger partial charge is 0.257 e. The average molecular weight is 327 g/mol. The Morgan fingerprint density at radius 3 is 2.64 bits per heavy atom. The molecule has 2 atom stereocenters. The van der Waals surface area contributed by atoms with Crippen LogP contribution in [-0.4, -0.2) is 45.5 Å². The molecule has 22 heavy (non-hydrogen) atoms. The average Bonchev–Trinajstić information content (AvgIpc) is 2.86. The quantitative estimate of drug-likeness (QED) is 0.817. The zero-order valence-electron chi connectivity index (χ0n) is 12.7. The first-order valence-electron chi connectivity index (χ1n) is 6.99. The maximum Gasteiger partial charge on any atom is 0.257 e. The summed E-state index contributed by atoms with van der Waals surface area (Å²) < 4.78 is 28.1. The van der Waals surface area contributed by atoms with Gasteiger partial charge in [-0.2, -0.15) is 0 Å². The van der Waals surface area contributed by atoms with Crippen LogP contribution in [0.25, 0.3) is 0 Å². The summed E-state index contributed by atoms with van der Waals surface area (Å²) in [5.41, 5.74) is 5.87. The van der Waals surface area contributed by atoms with Crippen molar-refractivity contribution in [1.29, 1.82) is 0 Å². The van der Waals surface area contributed by atoms with Gasteiger partial charge in [-0.3, -0.25) is 4.79 Å². The van der Waals surface area contributed by atoms with Gasteiger partial charge < -0.3 is 15.4 Å². The fourth-order valence-electron chi connectivity index (χ4n) is 2.78. The molecule has 122 valence electrons. The Labute approximate surface area is 130 Å². The van der Waals surface area contributed by atoms with Crippen molar-refractivity contribution in [1.82, 2.24) is 4.90 Å². The number of benzene rings is 1. The standard InChI is InChI=1S/C14H21N3O4S/c1-9-5-10(7-15)8-17(9)14(18)12-6-11(22(16,19)20)3-4-13(12)21-2/h3-4,6,9-10H,5,7-8,15H2,1-2H3,(H2,16,19,20). The normalized spacial score (nSPS) is 21.9. The van der Waals surface area contributed by atoms with E-state index in [9.17, 15) is 13.2 Å². The van der Waals surface area contributed by atoms with Gasteiger partial charge in [-0.15, -0.1) is 0 Å². The second kappa shape index (κ2) is 6.23. The van der Waals surface area contributed by atoms with E-state index >= 15 is 0 Å². The number of ether oxygens (including phenoxy) is 1. The van der Waals surface area contributed by atoms with Crippen LogP contribution in [0, 0.1) is 5.92 Å². The summed E-state index contributed by atoms with van der Waals surface area (Å²) in [6, 6.07) is 4.07. The molecular formula is C14H21N3O4S. The maximum absolute atomic E-state index is 12.7. The number of primary sulfonamides is 1. The van der Waals surface area contributed by atoms with E-state index in [0.717, 1.165) is 6.42 Å². The Bertz CT molecular complexity index is 675. The van der Waals surface area contributed by atoms with Gasteiger partial charge in [-0.1, -0.05) is 0 Å². The Morgan fingerprint density at radius 2 is 2.14 bits per heavy atom. The monoisotopic (exact) mass is 327 g/mol. The Kier molecular flexibility index (Phi) is 4.74. The molecule has 1 aromatic carbocycles. The van der Waals surface area contributed by atoms with Crippen molar-refractivity contribution >= 4 is 15.9 Å². The van der Waals surface area contributed by atoms with Gasteiger partial charge in [0, 0.05) is 12.6 Å². The molecule has 1 aromatic rings. The van der Waals surface area contributed by atoms with Crippen molar-refractivity contribution in [2.75, 3.05) is 20.2 Å². The van der Waals surface area contributed by atoms with E-state index in [2.05, 4.69) is 0 Å². The zero-order valence-corrected chi connectivity index (χ0v) is 13.5. The lowest BCUT2D eigenvalue weighted by Crippen LogP contribution is -2.34. The molecule has 7 nitrogen and oxygen atoms in total. The van der Waals surface area contributed by atoms with Crippen molar-refractivity contribution in [2.24, 2.45) is 16.8 Å². The second-order valence-electron chi connectivity index (χ2n) is 5.55. The number of hydrogen-bond donors (Lipinski definition) is 2. The number of hydrogen-bond acceptors (Lipinski definition) is 5. The molecule has 1 heterocycles. The summed E-state index contributed by atoms with van der Waals surface area (Å²) in [6.45, 7) is 3.02. The van der Waals surface area contributed by atoms with Crippen LogP contribution in [0.4, 0.5) is 0 Å². The van der Waals surface area contributed by atoms with Crippen LogP contribution in [0.3, 0.4) is 0 Å². The molecular weight excluding hydrogens is 306 g/mol. The number of sulfonamides is 1. The lowest BCUT2D eigenvalue weighted by molar-refractivity contribution is 0.0740. The Balaban J connectivity index is 2.40. The molecule has 1 saturated heterocycles. The minimum absolute atomic E-state index is 0.0453. The Hall–Kier alpha value is -1.64. The molecule has 1 aliphatic rings. The third kappa shape index (κ3) is 3.23. The van der Waals surface area contributed by atoms with Crippen molar-refractivity contribution in [3.63, 3.8) is 0 Å². The highest BCUT2D eigenvalue weighted by Gasteiger charge is 2.33. The molecule has 0 aliphatic carbocycles. The van der Waals surface area contributed by atoms with Crippen LogP contribution in [-0.2, 0) is 10.0 Å². The van der Waals surface area contributed by atoms with Gasteiger partial charge in [-0.05, 0) is 44.0 Å². The van der Waals surface area contributed by atoms with Crippen LogP contribution in [0.5, 0.6) is 5.75 Å². The first kappa shape index (κ1) is 16.7. The third-order valence-corrected chi connectivity index (χ3v) is 4.90. The van der Waals surface area contributed by atoms with Crippen LogP contribution in [0.15, 0.2) is 23.1 Å². The first-order valence-corrected chi connectivity index (χ1v) is 8.54. The number of carbonyl (C=O) groups is 1. The van der Waals surface area contributed by atoms with Crippen LogP contribution < -0.4 is 15.6 Å². The summed E-state index contributed by atoms with van der Waals surface area (Å²) in [5.74, 6) is 0.304. The van der Waals surface area contributed by atoms with Crippen LogP contribution >= 0.6 is 0 Å². The van der Waals surface area contributed by atoms with E-state index in [1.807, 2.05) is 6.92 Å². The molecule has 0 bridgehead atoms. The maximum atomic E-state index is 12.7. The molecule has 4 N–H and O–H groups in total. The molecule has 0 radical (unpaired) electrons. The minimum atomic E-state index is -3.88. The minimum Gasteiger partial charge on any atom is -0.496 e. The van der Waals surface area contributed by atoms with Crippen molar-refractivity contribution in [3.8, 4) is 5.75 Å². The second-order valence-corrected chi connectivity index (χ2v) is 7.11. The van der Waals surface area contributed by atoms with Crippen molar-refractivity contribution in [3.05, 3.63) is 23.8 Å². The lowest BCUT2D eigenvalue weighted by atomic mass is 10.1. The Morgan fingerprint density at radius 1 is 1.45 bits per heavy atom. The summed E-state index contributed by atoms with van der Waals surface area (Å²) >= 11 is 0. The van der Waals surface area contributed by atoms with E-state index in [1.54, 1.807) is 4.90 Å². The largest absolute Gasteiger partial charge is 0.496 e. The zero-order chi connectivity index (χ0) is 16.5. The first-order chi connectivity index (χ1) is 10.3. The van der Waals surface area contributed by atoms with E-state index in [0.29, 0.717) is 18.8 Å². The van der Waals surface area contributed by atoms with Gasteiger partial charge in [-0.25, -0.2) is 13.6 Å². The molecule has 1 fully saturated rings. The van der Waals surface area contributed by atoms with E-state index in [4.69, 9.17) is 15.6 Å². The predicted octanol–water partition coefficient (Wildman–Crippen LogP) is 0.152. The molecule has 8 heteroatoms. The van der Waals surface area contributed by atoms with Gasteiger partial charge in [0.25, 0.3) is 5.91 Å². The van der Waals surface area contributed by atoms with E-state index < -0.39 is 10.0 Å². The van der Waals surface area contributed by atoms with Gasteiger partial charge in [0.05, 0.1) is 17.6 Å². The van der Waals surface area contributed by atoms with Crippen LogP contribution in [0.2, 0.25) is 0 Å².